The Labute approximate surface area is 106 Å². The number of nitrogens with zero attached hydrogens (tertiary/aromatic N) is 1. The van der Waals surface area contributed by atoms with E-state index in [4.69, 9.17) is 14.6 Å². The Morgan fingerprint density at radius 2 is 2.33 bits per heavy atom. The Kier molecular flexibility index (Phi) is 5.87. The molecule has 0 spiro atoms. The first-order valence-electron chi connectivity index (χ1n) is 5.90. The van der Waals surface area contributed by atoms with E-state index in [2.05, 4.69) is 5.32 Å². The Balaban J connectivity index is 2.54. The van der Waals surface area contributed by atoms with Gasteiger partial charge in [-0.25, -0.2) is 4.79 Å². The number of carboxylic acids is 1. The lowest BCUT2D eigenvalue weighted by atomic mass is 10.1. The number of carbonyl (C=O) groups is 2. The Morgan fingerprint density at radius 1 is 1.61 bits per heavy atom. The van der Waals surface area contributed by atoms with Gasteiger partial charge in [-0.05, 0) is 6.92 Å². The van der Waals surface area contributed by atoms with E-state index in [9.17, 15) is 9.59 Å². The topological polar surface area (TPSA) is 88.1 Å². The number of hydrogen-bond acceptors (Lipinski definition) is 4. The fourth-order valence-electron chi connectivity index (χ4n) is 1.88. The smallest absolute Gasteiger partial charge is 0.318 e. The molecular formula is C11H20N2O5. The van der Waals surface area contributed by atoms with Crippen LogP contribution in [0, 0.1) is 0 Å². The molecule has 0 aromatic rings. The molecule has 1 fully saturated rings. The Bertz CT molecular complexity index is 297. The van der Waals surface area contributed by atoms with E-state index in [0.29, 0.717) is 19.8 Å². The van der Waals surface area contributed by atoms with Crippen molar-refractivity contribution in [3.63, 3.8) is 0 Å². The number of morpholine rings is 1. The van der Waals surface area contributed by atoms with E-state index in [-0.39, 0.29) is 25.1 Å². The van der Waals surface area contributed by atoms with Crippen LogP contribution >= 0.6 is 0 Å². The van der Waals surface area contributed by atoms with Crippen LogP contribution in [0.5, 0.6) is 0 Å². The van der Waals surface area contributed by atoms with Crippen LogP contribution in [-0.2, 0) is 14.3 Å². The van der Waals surface area contributed by atoms with Gasteiger partial charge in [0.2, 0.25) is 0 Å². The summed E-state index contributed by atoms with van der Waals surface area (Å²) in [6.45, 7) is 3.35. The van der Waals surface area contributed by atoms with Gasteiger partial charge in [0.25, 0.3) is 0 Å². The van der Waals surface area contributed by atoms with Gasteiger partial charge in [0.15, 0.2) is 0 Å². The molecule has 1 aliphatic rings. The first-order chi connectivity index (χ1) is 8.54. The second-order valence-corrected chi connectivity index (χ2v) is 4.33. The first kappa shape index (κ1) is 14.7. The summed E-state index contributed by atoms with van der Waals surface area (Å²) in [5, 5.41) is 11.6. The molecule has 0 bridgehead atoms. The third-order valence-electron chi connectivity index (χ3n) is 2.69. The zero-order chi connectivity index (χ0) is 13.5. The fourth-order valence-corrected chi connectivity index (χ4v) is 1.88. The molecule has 2 atom stereocenters. The molecule has 2 N–H and O–H groups in total. The van der Waals surface area contributed by atoms with Gasteiger partial charge in [-0.15, -0.1) is 0 Å². The molecule has 0 radical (unpaired) electrons. The minimum atomic E-state index is -0.937. The van der Waals surface area contributed by atoms with Crippen molar-refractivity contribution in [2.45, 2.75) is 25.4 Å². The highest BCUT2D eigenvalue weighted by molar-refractivity contribution is 5.76. The van der Waals surface area contributed by atoms with E-state index >= 15 is 0 Å². The number of urea groups is 1. The van der Waals surface area contributed by atoms with Crippen molar-refractivity contribution in [3.05, 3.63) is 0 Å². The highest BCUT2D eigenvalue weighted by Gasteiger charge is 2.29. The number of methoxy groups -OCH3 is 1. The molecule has 2 unspecified atom stereocenters. The van der Waals surface area contributed by atoms with Crippen LogP contribution in [0.3, 0.4) is 0 Å². The minimum absolute atomic E-state index is 0.105. The van der Waals surface area contributed by atoms with E-state index < -0.39 is 12.0 Å². The maximum absolute atomic E-state index is 12.0. The van der Waals surface area contributed by atoms with Gasteiger partial charge in [-0.3, -0.25) is 4.79 Å². The lowest BCUT2D eigenvalue weighted by Gasteiger charge is -2.35. The lowest BCUT2D eigenvalue weighted by molar-refractivity contribution is -0.139. The van der Waals surface area contributed by atoms with Gasteiger partial charge in [0.1, 0.15) is 0 Å². The highest BCUT2D eigenvalue weighted by Crippen LogP contribution is 2.11. The molecule has 0 aromatic heterocycles. The molecule has 1 aliphatic heterocycles. The molecule has 2 amide bonds. The lowest BCUT2D eigenvalue weighted by Crippen LogP contribution is -2.55. The summed E-state index contributed by atoms with van der Waals surface area (Å²) in [6.07, 6.45) is -0.105. The number of aliphatic carboxylic acids is 1. The monoisotopic (exact) mass is 260 g/mol. The maximum atomic E-state index is 12.0. The van der Waals surface area contributed by atoms with Crippen LogP contribution in [0.1, 0.15) is 13.3 Å². The summed E-state index contributed by atoms with van der Waals surface area (Å²) >= 11 is 0. The third kappa shape index (κ3) is 4.50. The van der Waals surface area contributed by atoms with Crippen LogP contribution in [0.15, 0.2) is 0 Å². The van der Waals surface area contributed by atoms with Crippen LogP contribution in [-0.4, -0.2) is 67.6 Å². The molecule has 7 nitrogen and oxygen atoms in total. The van der Waals surface area contributed by atoms with Gasteiger partial charge in [-0.1, -0.05) is 0 Å². The summed E-state index contributed by atoms with van der Waals surface area (Å²) in [5.41, 5.74) is 0. The van der Waals surface area contributed by atoms with E-state index in [1.807, 2.05) is 6.92 Å². The Hall–Kier alpha value is -1.34. The Morgan fingerprint density at radius 3 is 2.94 bits per heavy atom. The fraction of sp³-hybridized carbons (Fsp3) is 0.818. The molecule has 1 rings (SSSR count). The number of amides is 2. The number of nitrogens with one attached hydrogen (secondary N) is 1. The zero-order valence-electron chi connectivity index (χ0n) is 10.7. The molecule has 104 valence electrons. The number of hydrogen-bond donors (Lipinski definition) is 2. The average molecular weight is 260 g/mol. The predicted octanol–water partition coefficient (Wildman–Crippen LogP) is -0.0936. The highest BCUT2D eigenvalue weighted by atomic mass is 16.5. The zero-order valence-corrected chi connectivity index (χ0v) is 10.7. The van der Waals surface area contributed by atoms with Crippen molar-refractivity contribution in [2.75, 3.05) is 33.5 Å². The van der Waals surface area contributed by atoms with Crippen molar-refractivity contribution >= 4 is 12.0 Å². The van der Waals surface area contributed by atoms with Crippen molar-refractivity contribution in [3.8, 4) is 0 Å². The number of carboxylic acid groups (broad SMARTS) is 1. The minimum Gasteiger partial charge on any atom is -0.481 e. The van der Waals surface area contributed by atoms with Crippen molar-refractivity contribution in [1.82, 2.24) is 10.2 Å². The summed E-state index contributed by atoms with van der Waals surface area (Å²) in [7, 11) is 1.56. The summed E-state index contributed by atoms with van der Waals surface area (Å²) in [5.74, 6) is -0.937. The summed E-state index contributed by atoms with van der Waals surface area (Å²) in [4.78, 5) is 24.2. The molecule has 18 heavy (non-hydrogen) atoms. The third-order valence-corrected chi connectivity index (χ3v) is 2.69. The molecule has 0 aliphatic carbocycles. The maximum Gasteiger partial charge on any atom is 0.318 e. The SMILES string of the molecule is COCC(C)NC(=O)N1CCOCC1CC(=O)O. The van der Waals surface area contributed by atoms with E-state index in [1.54, 1.807) is 7.11 Å². The van der Waals surface area contributed by atoms with Crippen molar-refractivity contribution in [2.24, 2.45) is 0 Å². The van der Waals surface area contributed by atoms with Gasteiger partial charge in [0, 0.05) is 13.7 Å². The second-order valence-electron chi connectivity index (χ2n) is 4.33. The molecule has 0 saturated carbocycles. The van der Waals surface area contributed by atoms with E-state index in [1.165, 1.54) is 4.90 Å². The summed E-state index contributed by atoms with van der Waals surface area (Å²) in [6, 6.07) is -0.795. The largest absolute Gasteiger partial charge is 0.481 e. The molecule has 1 heterocycles. The van der Waals surface area contributed by atoms with Gasteiger partial charge < -0.3 is 24.8 Å². The average Bonchev–Trinajstić information content (AvgIpc) is 2.28. The number of ether oxygens (including phenoxy) is 2. The number of rotatable bonds is 5. The van der Waals surface area contributed by atoms with Crippen LogP contribution in [0.4, 0.5) is 4.79 Å². The van der Waals surface area contributed by atoms with Gasteiger partial charge in [0.05, 0.1) is 38.3 Å². The van der Waals surface area contributed by atoms with Crippen molar-refractivity contribution < 1.29 is 24.2 Å². The number of carbonyl (C=O) groups excluding carboxylic acids is 1. The predicted molar refractivity (Wildman–Crippen MR) is 63.4 cm³/mol. The molecular weight excluding hydrogens is 240 g/mol. The quantitative estimate of drug-likeness (QED) is 0.721. The van der Waals surface area contributed by atoms with Crippen LogP contribution in [0.2, 0.25) is 0 Å². The standard InChI is InChI=1S/C11H20N2O5/c1-8(6-17-2)12-11(16)13-3-4-18-7-9(13)5-10(14)15/h8-9H,3-7H2,1-2H3,(H,12,16)(H,14,15). The summed E-state index contributed by atoms with van der Waals surface area (Å²) < 4.78 is 10.1. The molecule has 7 heteroatoms. The van der Waals surface area contributed by atoms with Crippen molar-refractivity contribution in [1.29, 1.82) is 0 Å². The van der Waals surface area contributed by atoms with Gasteiger partial charge in [-0.2, -0.15) is 0 Å². The molecule has 0 aromatic carbocycles. The van der Waals surface area contributed by atoms with Gasteiger partial charge >= 0.3 is 12.0 Å². The van der Waals surface area contributed by atoms with Crippen LogP contribution < -0.4 is 5.32 Å². The van der Waals surface area contributed by atoms with E-state index in [0.717, 1.165) is 0 Å². The normalized spacial score (nSPS) is 21.4. The first-order valence-corrected chi connectivity index (χ1v) is 5.90. The van der Waals surface area contributed by atoms with Crippen LogP contribution in [0.25, 0.3) is 0 Å². The molecule has 1 saturated heterocycles. The second kappa shape index (κ2) is 7.17.